The van der Waals surface area contributed by atoms with Crippen LogP contribution in [0, 0.1) is 12.8 Å². The summed E-state index contributed by atoms with van der Waals surface area (Å²) in [7, 11) is 2.34. The quantitative estimate of drug-likeness (QED) is 0.844. The maximum atomic E-state index is 4.21. The van der Waals surface area contributed by atoms with E-state index in [4.69, 9.17) is 0 Å². The number of hydrogen-bond acceptors (Lipinski definition) is 3. The average molecular weight is 348 g/mol. The lowest BCUT2D eigenvalue weighted by Gasteiger charge is -2.58. The molecular formula is C23H29N3. The first-order chi connectivity index (χ1) is 12.7. The van der Waals surface area contributed by atoms with Crippen LogP contribution in [0.3, 0.4) is 0 Å². The smallest absolute Gasteiger partial charge is 0.0444 e. The van der Waals surface area contributed by atoms with Crippen LogP contribution in [0.2, 0.25) is 0 Å². The highest BCUT2D eigenvalue weighted by molar-refractivity contribution is 5.64. The van der Waals surface area contributed by atoms with Gasteiger partial charge in [-0.1, -0.05) is 18.9 Å². The van der Waals surface area contributed by atoms with Crippen molar-refractivity contribution in [2.45, 2.75) is 56.9 Å². The number of rotatable bonds is 2. The molecule has 136 valence electrons. The number of nitrogens with one attached hydrogen (secondary N) is 1. The van der Waals surface area contributed by atoms with Crippen molar-refractivity contribution in [1.29, 1.82) is 0 Å². The maximum Gasteiger partial charge on any atom is 0.0444 e. The minimum absolute atomic E-state index is 0.425. The van der Waals surface area contributed by atoms with Gasteiger partial charge in [-0.05, 0) is 87.0 Å². The van der Waals surface area contributed by atoms with Gasteiger partial charge in [0.2, 0.25) is 0 Å². The summed E-state index contributed by atoms with van der Waals surface area (Å²) in [6.45, 7) is 3.37. The van der Waals surface area contributed by atoms with E-state index < -0.39 is 0 Å². The number of likely N-dealkylation sites (N-methyl/N-ethyl adjacent to an activating group) is 1. The molecule has 3 nitrogen and oxygen atoms in total. The number of likely N-dealkylation sites (tertiary alicyclic amines) is 1. The topological polar surface area (TPSA) is 28.2 Å². The normalized spacial score (nSPS) is 30.4. The molecule has 5 rings (SSSR count). The molecule has 0 amide bonds. The third kappa shape index (κ3) is 2.40. The molecular weight excluding hydrogens is 318 g/mol. The first kappa shape index (κ1) is 16.3. The Balaban J connectivity index is 1.56. The number of aromatic nitrogens is 1. The van der Waals surface area contributed by atoms with Crippen molar-refractivity contribution in [2.75, 3.05) is 18.9 Å². The predicted molar refractivity (Wildman–Crippen MR) is 107 cm³/mol. The number of piperidine rings is 1. The van der Waals surface area contributed by atoms with Crippen molar-refractivity contribution in [3.05, 3.63) is 53.3 Å². The second-order valence-electron chi connectivity index (χ2n) is 8.70. The highest BCUT2D eigenvalue weighted by atomic mass is 15.1. The number of fused-ring (bicyclic) bond motifs is 1. The average Bonchev–Trinajstić information content (AvgIpc) is 2.67. The van der Waals surface area contributed by atoms with Crippen LogP contribution < -0.4 is 5.32 Å². The molecule has 3 aliphatic rings. The molecule has 1 aliphatic heterocycles. The molecule has 2 heterocycles. The number of anilines is 2. The number of hydrogen-bond donors (Lipinski definition) is 1. The van der Waals surface area contributed by atoms with Crippen LogP contribution in [0.25, 0.3) is 0 Å². The van der Waals surface area contributed by atoms with Gasteiger partial charge in [-0.2, -0.15) is 0 Å². The van der Waals surface area contributed by atoms with E-state index in [-0.39, 0.29) is 0 Å². The van der Waals surface area contributed by atoms with Crippen LogP contribution in [-0.4, -0.2) is 29.5 Å². The van der Waals surface area contributed by atoms with E-state index in [0.29, 0.717) is 5.41 Å². The molecule has 2 bridgehead atoms. The van der Waals surface area contributed by atoms with Crippen LogP contribution in [0.4, 0.5) is 11.4 Å². The number of aryl methyl sites for hydroxylation is 1. The zero-order chi connectivity index (χ0) is 17.7. The molecule has 1 saturated carbocycles. The fraction of sp³-hybridized carbons (Fsp3) is 0.522. The minimum Gasteiger partial charge on any atom is -0.355 e. The summed E-state index contributed by atoms with van der Waals surface area (Å²) in [6.07, 6.45) is 12.0. The Kier molecular flexibility index (Phi) is 3.82. The van der Waals surface area contributed by atoms with Gasteiger partial charge in [-0.25, -0.2) is 0 Å². The molecule has 1 saturated heterocycles. The van der Waals surface area contributed by atoms with Gasteiger partial charge in [0.05, 0.1) is 0 Å². The molecule has 0 spiro atoms. The summed E-state index contributed by atoms with van der Waals surface area (Å²) >= 11 is 0. The van der Waals surface area contributed by atoms with Crippen LogP contribution in [0.5, 0.6) is 0 Å². The SMILES string of the molecule is Cc1cnccc1Nc1ccc2c(c1)[C@@]13CCCC[C@H]1[C@@H](C2)N(C)CC3. The molecule has 0 radical (unpaired) electrons. The second-order valence-corrected chi connectivity index (χ2v) is 8.70. The maximum absolute atomic E-state index is 4.21. The molecule has 1 N–H and O–H groups in total. The number of benzene rings is 1. The van der Waals surface area contributed by atoms with E-state index in [1.54, 1.807) is 11.1 Å². The van der Waals surface area contributed by atoms with Gasteiger partial charge in [-0.3, -0.25) is 4.98 Å². The predicted octanol–water partition coefficient (Wildman–Crippen LogP) is 4.82. The zero-order valence-electron chi connectivity index (χ0n) is 16.0. The van der Waals surface area contributed by atoms with Gasteiger partial charge in [0, 0.05) is 35.2 Å². The highest BCUT2D eigenvalue weighted by Crippen LogP contribution is 2.55. The zero-order valence-corrected chi connectivity index (χ0v) is 16.0. The Hall–Kier alpha value is -1.87. The van der Waals surface area contributed by atoms with Crippen LogP contribution >= 0.6 is 0 Å². The summed E-state index contributed by atoms with van der Waals surface area (Å²) in [5.41, 5.74) is 7.26. The van der Waals surface area contributed by atoms with Gasteiger partial charge in [0.25, 0.3) is 0 Å². The number of nitrogens with zero attached hydrogens (tertiary/aromatic N) is 2. The van der Waals surface area contributed by atoms with Crippen molar-refractivity contribution in [3.8, 4) is 0 Å². The van der Waals surface area contributed by atoms with Crippen LogP contribution in [-0.2, 0) is 11.8 Å². The monoisotopic (exact) mass is 347 g/mol. The lowest BCUT2D eigenvalue weighted by molar-refractivity contribution is 0.00290. The van der Waals surface area contributed by atoms with Crippen molar-refractivity contribution < 1.29 is 0 Å². The molecule has 2 aliphatic carbocycles. The fourth-order valence-electron chi connectivity index (χ4n) is 6.04. The third-order valence-corrected chi connectivity index (χ3v) is 7.41. The Morgan fingerprint density at radius 2 is 2.12 bits per heavy atom. The molecule has 26 heavy (non-hydrogen) atoms. The van der Waals surface area contributed by atoms with E-state index in [0.717, 1.165) is 17.6 Å². The van der Waals surface area contributed by atoms with Gasteiger partial charge in [-0.15, -0.1) is 0 Å². The summed E-state index contributed by atoms with van der Waals surface area (Å²) < 4.78 is 0. The van der Waals surface area contributed by atoms with Gasteiger partial charge in [0.15, 0.2) is 0 Å². The number of pyridine rings is 1. The van der Waals surface area contributed by atoms with Crippen LogP contribution in [0.15, 0.2) is 36.7 Å². The van der Waals surface area contributed by atoms with Crippen molar-refractivity contribution in [3.63, 3.8) is 0 Å². The van der Waals surface area contributed by atoms with E-state index in [1.165, 1.54) is 56.3 Å². The van der Waals surface area contributed by atoms with Crippen molar-refractivity contribution >= 4 is 11.4 Å². The van der Waals surface area contributed by atoms with Gasteiger partial charge >= 0.3 is 0 Å². The lowest BCUT2D eigenvalue weighted by Crippen LogP contribution is -2.59. The molecule has 3 heteroatoms. The van der Waals surface area contributed by atoms with Gasteiger partial charge in [0.1, 0.15) is 0 Å². The highest BCUT2D eigenvalue weighted by Gasteiger charge is 2.52. The fourth-order valence-corrected chi connectivity index (χ4v) is 6.04. The minimum atomic E-state index is 0.425. The van der Waals surface area contributed by atoms with Gasteiger partial charge < -0.3 is 10.2 Å². The Morgan fingerprint density at radius 1 is 1.19 bits per heavy atom. The summed E-state index contributed by atoms with van der Waals surface area (Å²) in [6, 6.07) is 9.97. The first-order valence-electron chi connectivity index (χ1n) is 10.2. The Labute approximate surface area is 156 Å². The lowest BCUT2D eigenvalue weighted by atomic mass is 9.52. The largest absolute Gasteiger partial charge is 0.355 e. The molecule has 2 aromatic rings. The Morgan fingerprint density at radius 3 is 3.00 bits per heavy atom. The van der Waals surface area contributed by atoms with E-state index >= 15 is 0 Å². The van der Waals surface area contributed by atoms with Crippen molar-refractivity contribution in [2.24, 2.45) is 5.92 Å². The molecule has 0 unspecified atom stereocenters. The van der Waals surface area contributed by atoms with E-state index in [2.05, 4.69) is 53.4 Å². The molecule has 3 atom stereocenters. The van der Waals surface area contributed by atoms with Crippen molar-refractivity contribution in [1.82, 2.24) is 9.88 Å². The molecule has 1 aromatic heterocycles. The second kappa shape index (κ2) is 6.09. The summed E-state index contributed by atoms with van der Waals surface area (Å²) in [5, 5.41) is 3.65. The molecule has 2 fully saturated rings. The van der Waals surface area contributed by atoms with Crippen LogP contribution in [0.1, 0.15) is 48.8 Å². The standard InChI is InChI=1S/C23H29N3/c1-16-15-24-11-8-21(16)25-18-7-6-17-13-22-19-5-3-4-9-23(19,20(17)14-18)10-12-26(22)2/h6-8,11,14-15,19,22H,3-5,9-10,12-13H2,1-2H3,(H,24,25)/t19-,22+,23+/m0/s1. The molecule has 1 aromatic carbocycles. The summed E-state index contributed by atoms with van der Waals surface area (Å²) in [5.74, 6) is 0.848. The summed E-state index contributed by atoms with van der Waals surface area (Å²) in [4.78, 5) is 6.86. The third-order valence-electron chi connectivity index (χ3n) is 7.41. The van der Waals surface area contributed by atoms with E-state index in [1.807, 2.05) is 12.4 Å². The Bertz CT molecular complexity index is 830. The van der Waals surface area contributed by atoms with E-state index in [9.17, 15) is 0 Å². The first-order valence-corrected chi connectivity index (χ1v) is 10.2.